The predicted molar refractivity (Wildman–Crippen MR) is 144 cm³/mol. The zero-order valence-corrected chi connectivity index (χ0v) is 22.8. The summed E-state index contributed by atoms with van der Waals surface area (Å²) in [6.45, 7) is 0.401. The third kappa shape index (κ3) is 6.89. The van der Waals surface area contributed by atoms with Gasteiger partial charge in [-0.15, -0.1) is 0 Å². The molecule has 0 aliphatic carbocycles. The molecule has 1 fully saturated rings. The second kappa shape index (κ2) is 12.1. The van der Waals surface area contributed by atoms with Crippen molar-refractivity contribution >= 4 is 16.1 Å². The molecular weight excluding hydrogens is 546 g/mol. The molecule has 40 heavy (non-hydrogen) atoms. The van der Waals surface area contributed by atoms with Gasteiger partial charge in [-0.25, -0.2) is 4.39 Å². The van der Waals surface area contributed by atoms with E-state index in [0.29, 0.717) is 11.1 Å². The lowest BCUT2D eigenvalue weighted by Crippen LogP contribution is -2.54. The van der Waals surface area contributed by atoms with Gasteiger partial charge in [0, 0.05) is 33.2 Å². The lowest BCUT2D eigenvalue weighted by atomic mass is 9.72. The van der Waals surface area contributed by atoms with Crippen LogP contribution < -0.4 is 4.72 Å². The Labute approximate surface area is 231 Å². The van der Waals surface area contributed by atoms with E-state index < -0.39 is 33.2 Å². The first-order chi connectivity index (χ1) is 18.9. The molecule has 214 valence electrons. The van der Waals surface area contributed by atoms with Crippen molar-refractivity contribution in [1.29, 1.82) is 0 Å². The number of nitrogens with zero attached hydrogens (tertiary/aromatic N) is 2. The molecule has 0 radical (unpaired) electrons. The van der Waals surface area contributed by atoms with Crippen molar-refractivity contribution in [2.24, 2.45) is 0 Å². The third-order valence-corrected chi connectivity index (χ3v) is 8.91. The number of likely N-dealkylation sites (N-methyl/N-ethyl adjacent to an activating group) is 1. The second-order valence-corrected chi connectivity index (χ2v) is 11.7. The summed E-state index contributed by atoms with van der Waals surface area (Å²) in [5, 5.41) is 0. The fraction of sp³-hybridized carbons (Fsp3) is 0.345. The van der Waals surface area contributed by atoms with Gasteiger partial charge in [-0.2, -0.15) is 30.6 Å². The molecule has 0 atom stereocenters. The Morgan fingerprint density at radius 1 is 0.950 bits per heavy atom. The first-order valence-electron chi connectivity index (χ1n) is 12.9. The van der Waals surface area contributed by atoms with Gasteiger partial charge >= 0.3 is 6.18 Å². The zero-order valence-electron chi connectivity index (χ0n) is 22.0. The quantitative estimate of drug-likeness (QED) is 0.368. The summed E-state index contributed by atoms with van der Waals surface area (Å²) in [5.74, 6) is -0.619. The van der Waals surface area contributed by atoms with Crippen molar-refractivity contribution in [1.82, 2.24) is 13.9 Å². The molecular formula is C29H31F4N3O3S. The van der Waals surface area contributed by atoms with Crippen LogP contribution in [0.15, 0.2) is 78.9 Å². The number of halogens is 4. The molecule has 0 aromatic heterocycles. The van der Waals surface area contributed by atoms with E-state index in [1.54, 1.807) is 13.1 Å². The topological polar surface area (TPSA) is 69.7 Å². The van der Waals surface area contributed by atoms with Crippen molar-refractivity contribution in [3.63, 3.8) is 0 Å². The maximum Gasteiger partial charge on any atom is 0.416 e. The number of benzene rings is 3. The molecule has 4 rings (SSSR count). The summed E-state index contributed by atoms with van der Waals surface area (Å²) in [5.41, 5.74) is 0.130. The molecule has 3 aromatic carbocycles. The van der Waals surface area contributed by atoms with Crippen LogP contribution in [0.3, 0.4) is 0 Å². The third-order valence-electron chi connectivity index (χ3n) is 7.36. The Kier molecular flexibility index (Phi) is 8.96. The summed E-state index contributed by atoms with van der Waals surface area (Å²) in [7, 11) is -2.24. The normalized spacial score (nSPS) is 16.0. The van der Waals surface area contributed by atoms with Gasteiger partial charge in [0.05, 0.1) is 11.0 Å². The number of carbonyl (C=O) groups excluding carboxylic acids is 1. The first kappa shape index (κ1) is 29.7. The Morgan fingerprint density at radius 2 is 1.60 bits per heavy atom. The van der Waals surface area contributed by atoms with Gasteiger partial charge in [-0.05, 0) is 54.2 Å². The van der Waals surface area contributed by atoms with E-state index in [2.05, 4.69) is 4.72 Å². The van der Waals surface area contributed by atoms with Crippen LogP contribution in [0, 0.1) is 5.82 Å². The van der Waals surface area contributed by atoms with Crippen molar-refractivity contribution < 1.29 is 30.8 Å². The average Bonchev–Trinajstić information content (AvgIpc) is 2.95. The van der Waals surface area contributed by atoms with Crippen LogP contribution in [0.5, 0.6) is 0 Å². The van der Waals surface area contributed by atoms with Gasteiger partial charge < -0.3 is 4.90 Å². The van der Waals surface area contributed by atoms with E-state index in [1.807, 2.05) is 30.3 Å². The molecule has 1 aliphatic heterocycles. The van der Waals surface area contributed by atoms with Crippen molar-refractivity contribution in [3.05, 3.63) is 107 Å². The van der Waals surface area contributed by atoms with E-state index in [-0.39, 0.29) is 51.3 Å². The van der Waals surface area contributed by atoms with Crippen LogP contribution in [0.4, 0.5) is 17.6 Å². The SMILES string of the molecule is CN(CCc1cccc(C(F)(F)F)c1)C(=O)C1(c2ccccc2)CCN(S(=O)(=O)NCc2ccc(F)cc2)CC1. The monoisotopic (exact) mass is 577 g/mol. The number of nitrogens with one attached hydrogen (secondary N) is 1. The maximum atomic E-state index is 13.9. The molecule has 1 saturated heterocycles. The van der Waals surface area contributed by atoms with E-state index in [0.717, 1.165) is 17.7 Å². The van der Waals surface area contributed by atoms with Crippen LogP contribution in [0.25, 0.3) is 0 Å². The number of hydrogen-bond acceptors (Lipinski definition) is 3. The van der Waals surface area contributed by atoms with Crippen molar-refractivity contribution in [3.8, 4) is 0 Å². The van der Waals surface area contributed by atoms with E-state index in [9.17, 15) is 30.8 Å². The summed E-state index contributed by atoms with van der Waals surface area (Å²) < 4.78 is 82.3. The average molecular weight is 578 g/mol. The molecule has 1 N–H and O–H groups in total. The predicted octanol–water partition coefficient (Wildman–Crippen LogP) is 4.91. The Hall–Kier alpha value is -3.28. The lowest BCUT2D eigenvalue weighted by Gasteiger charge is -2.42. The summed E-state index contributed by atoms with van der Waals surface area (Å²) >= 11 is 0. The molecule has 3 aromatic rings. The summed E-state index contributed by atoms with van der Waals surface area (Å²) in [4.78, 5) is 15.4. The van der Waals surface area contributed by atoms with Gasteiger partial charge in [0.25, 0.3) is 10.2 Å². The van der Waals surface area contributed by atoms with Gasteiger partial charge in [0.1, 0.15) is 5.82 Å². The van der Waals surface area contributed by atoms with Gasteiger partial charge in [0.2, 0.25) is 5.91 Å². The highest BCUT2D eigenvalue weighted by Crippen LogP contribution is 2.38. The van der Waals surface area contributed by atoms with Gasteiger partial charge in [-0.3, -0.25) is 4.79 Å². The van der Waals surface area contributed by atoms with Gasteiger partial charge in [-0.1, -0.05) is 60.7 Å². The van der Waals surface area contributed by atoms with Crippen molar-refractivity contribution in [2.45, 2.75) is 37.4 Å². The minimum Gasteiger partial charge on any atom is -0.345 e. The highest BCUT2D eigenvalue weighted by Gasteiger charge is 2.46. The van der Waals surface area contributed by atoms with E-state index in [1.165, 1.54) is 39.5 Å². The smallest absolute Gasteiger partial charge is 0.345 e. The van der Waals surface area contributed by atoms with Crippen LogP contribution in [0.1, 0.15) is 35.1 Å². The molecule has 1 amide bonds. The Balaban J connectivity index is 1.46. The number of rotatable bonds is 9. The largest absolute Gasteiger partial charge is 0.416 e. The van der Waals surface area contributed by atoms with Crippen LogP contribution in [0.2, 0.25) is 0 Å². The minimum atomic E-state index is -4.45. The molecule has 1 aliphatic rings. The fourth-order valence-electron chi connectivity index (χ4n) is 5.03. The van der Waals surface area contributed by atoms with Crippen LogP contribution in [-0.2, 0) is 39.6 Å². The Morgan fingerprint density at radius 3 is 2.23 bits per heavy atom. The summed E-state index contributed by atoms with van der Waals surface area (Å²) in [6, 6.07) is 19.7. The highest BCUT2D eigenvalue weighted by atomic mass is 32.2. The number of piperidine rings is 1. The maximum absolute atomic E-state index is 13.9. The number of alkyl halides is 3. The summed E-state index contributed by atoms with van der Waals surface area (Å²) in [6.07, 6.45) is -3.73. The molecule has 6 nitrogen and oxygen atoms in total. The molecule has 0 spiro atoms. The molecule has 11 heteroatoms. The van der Waals surface area contributed by atoms with Gasteiger partial charge in [0.15, 0.2) is 0 Å². The van der Waals surface area contributed by atoms with Crippen molar-refractivity contribution in [2.75, 3.05) is 26.7 Å². The number of hydrogen-bond donors (Lipinski definition) is 1. The standard InChI is InChI=1S/C29H31F4N3O3S/c1-35(17-14-22-6-5-9-25(20-22)29(31,32)33)27(37)28(24-7-3-2-4-8-24)15-18-36(19-16-28)40(38,39)34-21-23-10-12-26(30)13-11-23/h2-13,20,34H,14-19,21H2,1H3. The molecule has 0 saturated carbocycles. The number of carbonyl (C=O) groups is 1. The minimum absolute atomic E-state index is 0.000148. The van der Waals surface area contributed by atoms with Crippen LogP contribution >= 0.6 is 0 Å². The molecule has 0 unspecified atom stereocenters. The first-order valence-corrected chi connectivity index (χ1v) is 14.3. The van der Waals surface area contributed by atoms with Crippen LogP contribution in [-0.4, -0.2) is 50.2 Å². The zero-order chi connectivity index (χ0) is 29.0. The highest BCUT2D eigenvalue weighted by molar-refractivity contribution is 7.87. The lowest BCUT2D eigenvalue weighted by molar-refractivity contribution is -0.138. The molecule has 0 bridgehead atoms. The number of amides is 1. The van der Waals surface area contributed by atoms with E-state index >= 15 is 0 Å². The Bertz CT molecular complexity index is 1410. The second-order valence-electron chi connectivity index (χ2n) is 9.97. The molecule has 1 heterocycles. The van der Waals surface area contributed by atoms with E-state index in [4.69, 9.17) is 0 Å². The fourth-order valence-corrected chi connectivity index (χ4v) is 6.22.